The molecular weight excluding hydrogens is 357 g/mol. The highest BCUT2D eigenvalue weighted by Crippen LogP contribution is 2.48. The van der Waals surface area contributed by atoms with Crippen molar-refractivity contribution < 1.29 is 9.32 Å². The Bertz CT molecular complexity index is 412. The summed E-state index contributed by atoms with van der Waals surface area (Å²) in [6.07, 6.45) is 1.66. The molecule has 0 aromatic carbocycles. The van der Waals surface area contributed by atoms with Crippen LogP contribution in [0.15, 0.2) is 0 Å². The topological polar surface area (TPSA) is 45.9 Å². The Morgan fingerprint density at radius 3 is 1.93 bits per heavy atom. The normalized spacial score (nSPS) is 13.6. The largest absolute Gasteiger partial charge is 0.359 e. The van der Waals surface area contributed by atoms with Crippen molar-refractivity contribution in [3.8, 4) is 0 Å². The number of amides is 1. The van der Waals surface area contributed by atoms with E-state index in [1.807, 2.05) is 0 Å². The SMILES string of the molecule is CNC(=O)CCC(C)C(C)C.[C-]#[N+]CCOP(C(C)C)N(C(C)C)C(C)C. The summed E-state index contributed by atoms with van der Waals surface area (Å²) in [5, 5.41) is 2.62. The van der Waals surface area contributed by atoms with Gasteiger partial charge in [0.15, 0.2) is 0 Å². The molecule has 0 saturated heterocycles. The average molecular weight is 402 g/mol. The van der Waals surface area contributed by atoms with Crippen LogP contribution >= 0.6 is 8.30 Å². The highest BCUT2D eigenvalue weighted by atomic mass is 31.2. The molecule has 160 valence electrons. The molecule has 0 spiro atoms. The monoisotopic (exact) mass is 401 g/mol. The number of nitrogens with one attached hydrogen (secondary N) is 1. The van der Waals surface area contributed by atoms with Crippen LogP contribution in [0.1, 0.15) is 75.2 Å². The lowest BCUT2D eigenvalue weighted by Gasteiger charge is -2.38. The molecule has 2 atom stereocenters. The molecular formula is C21H44N3O2P. The van der Waals surface area contributed by atoms with E-state index >= 15 is 0 Å². The third-order valence-corrected chi connectivity index (χ3v) is 7.11. The Balaban J connectivity index is 0. The standard InChI is InChI=1S/C12H25N2OP.C9H19NO/c1-10(2)14(11(3)4)16(12(5)6)15-9-8-13-7;1-7(2)8(3)5-6-9(11)10-4/h10-12H,8-9H2,1-6H3;7-8H,5-6H2,1-4H3,(H,10,11). The predicted molar refractivity (Wildman–Crippen MR) is 119 cm³/mol. The van der Waals surface area contributed by atoms with Crippen molar-refractivity contribution in [2.24, 2.45) is 11.8 Å². The summed E-state index contributed by atoms with van der Waals surface area (Å²) in [4.78, 5) is 14.2. The second-order valence-corrected chi connectivity index (χ2v) is 10.5. The predicted octanol–water partition coefficient (Wildman–Crippen LogP) is 5.57. The molecule has 0 saturated carbocycles. The van der Waals surface area contributed by atoms with E-state index in [0.29, 0.717) is 49.2 Å². The van der Waals surface area contributed by atoms with Crippen LogP contribution in [0.4, 0.5) is 0 Å². The fourth-order valence-corrected chi connectivity index (χ4v) is 4.67. The molecule has 0 bridgehead atoms. The lowest BCUT2D eigenvalue weighted by molar-refractivity contribution is -0.120. The Labute approximate surface area is 170 Å². The number of nitrogens with zero attached hydrogens (tertiary/aromatic N) is 2. The van der Waals surface area contributed by atoms with E-state index in [1.54, 1.807) is 7.05 Å². The van der Waals surface area contributed by atoms with E-state index in [0.717, 1.165) is 6.42 Å². The summed E-state index contributed by atoms with van der Waals surface area (Å²) in [5.74, 6) is 1.48. The summed E-state index contributed by atoms with van der Waals surface area (Å²) < 4.78 is 8.34. The van der Waals surface area contributed by atoms with Crippen molar-refractivity contribution in [2.75, 3.05) is 20.2 Å². The van der Waals surface area contributed by atoms with E-state index in [-0.39, 0.29) is 5.91 Å². The van der Waals surface area contributed by atoms with Crippen molar-refractivity contribution >= 4 is 14.2 Å². The Kier molecular flexibility index (Phi) is 17.2. The van der Waals surface area contributed by atoms with Crippen LogP contribution in [0.25, 0.3) is 4.85 Å². The van der Waals surface area contributed by atoms with Crippen molar-refractivity contribution in [2.45, 2.75) is 92.9 Å². The lowest BCUT2D eigenvalue weighted by Crippen LogP contribution is -2.35. The van der Waals surface area contributed by atoms with Gasteiger partial charge in [0.2, 0.25) is 12.5 Å². The second kappa shape index (κ2) is 16.3. The summed E-state index contributed by atoms with van der Waals surface area (Å²) in [7, 11) is 1.10. The summed E-state index contributed by atoms with van der Waals surface area (Å²) in [6, 6.07) is 0.975. The minimum Gasteiger partial charge on any atom is -0.359 e. The molecule has 2 unspecified atom stereocenters. The molecule has 0 rings (SSSR count). The molecule has 0 aliphatic rings. The summed E-state index contributed by atoms with van der Waals surface area (Å²) >= 11 is 0. The molecule has 6 heteroatoms. The first-order valence-electron chi connectivity index (χ1n) is 10.2. The van der Waals surface area contributed by atoms with Gasteiger partial charge in [0.05, 0.1) is 0 Å². The molecule has 0 heterocycles. The fourth-order valence-electron chi connectivity index (χ4n) is 2.53. The van der Waals surface area contributed by atoms with Crippen LogP contribution in [0, 0.1) is 18.4 Å². The highest BCUT2D eigenvalue weighted by Gasteiger charge is 2.27. The summed E-state index contributed by atoms with van der Waals surface area (Å²) in [6.45, 7) is 27.6. The van der Waals surface area contributed by atoms with E-state index in [9.17, 15) is 4.79 Å². The van der Waals surface area contributed by atoms with Crippen LogP contribution in [0.3, 0.4) is 0 Å². The molecule has 5 nitrogen and oxygen atoms in total. The van der Waals surface area contributed by atoms with Gasteiger partial charge in [-0.1, -0.05) is 34.6 Å². The first-order chi connectivity index (χ1) is 12.5. The second-order valence-electron chi connectivity index (χ2n) is 8.11. The van der Waals surface area contributed by atoms with Gasteiger partial charge in [-0.05, 0) is 46.0 Å². The van der Waals surface area contributed by atoms with Gasteiger partial charge < -0.3 is 14.7 Å². The van der Waals surface area contributed by atoms with E-state index in [4.69, 9.17) is 11.1 Å². The first-order valence-corrected chi connectivity index (χ1v) is 11.5. The van der Waals surface area contributed by atoms with Crippen molar-refractivity contribution in [1.29, 1.82) is 0 Å². The molecule has 0 aliphatic carbocycles. The zero-order valence-electron chi connectivity index (χ0n) is 19.4. The maximum Gasteiger partial charge on any atom is 0.238 e. The molecule has 1 amide bonds. The Hall–Kier alpha value is -0.690. The highest BCUT2D eigenvalue weighted by molar-refractivity contribution is 7.50. The molecule has 0 aromatic rings. The lowest BCUT2D eigenvalue weighted by atomic mass is 9.93. The maximum absolute atomic E-state index is 10.8. The zero-order chi connectivity index (χ0) is 21.6. The van der Waals surface area contributed by atoms with E-state index in [2.05, 4.69) is 77.1 Å². The molecule has 0 aliphatic heterocycles. The number of carbonyl (C=O) groups is 1. The molecule has 27 heavy (non-hydrogen) atoms. The molecule has 0 fully saturated rings. The smallest absolute Gasteiger partial charge is 0.238 e. The van der Waals surface area contributed by atoms with Crippen molar-refractivity contribution in [3.63, 3.8) is 0 Å². The van der Waals surface area contributed by atoms with Crippen LogP contribution in [-0.2, 0) is 9.32 Å². The summed E-state index contributed by atoms with van der Waals surface area (Å²) in [5.41, 5.74) is 0.505. The van der Waals surface area contributed by atoms with E-state index < -0.39 is 8.30 Å². The zero-order valence-corrected chi connectivity index (χ0v) is 20.3. The number of hydrogen-bond donors (Lipinski definition) is 1. The van der Waals surface area contributed by atoms with Gasteiger partial charge in [-0.3, -0.25) is 9.46 Å². The maximum atomic E-state index is 10.8. The molecule has 1 N–H and O–H groups in total. The van der Waals surface area contributed by atoms with Gasteiger partial charge in [0.1, 0.15) is 14.9 Å². The van der Waals surface area contributed by atoms with Crippen LogP contribution in [-0.4, -0.2) is 48.5 Å². The number of rotatable bonds is 11. The van der Waals surface area contributed by atoms with Gasteiger partial charge in [0.25, 0.3) is 0 Å². The fraction of sp³-hybridized carbons (Fsp3) is 0.905. The van der Waals surface area contributed by atoms with Crippen LogP contribution in [0.2, 0.25) is 0 Å². The van der Waals surface area contributed by atoms with Crippen LogP contribution in [0.5, 0.6) is 0 Å². The molecule has 0 radical (unpaired) electrons. The van der Waals surface area contributed by atoms with E-state index in [1.165, 1.54) is 0 Å². The van der Waals surface area contributed by atoms with Gasteiger partial charge >= 0.3 is 0 Å². The van der Waals surface area contributed by atoms with Crippen LogP contribution < -0.4 is 5.32 Å². The van der Waals surface area contributed by atoms with Crippen molar-refractivity contribution in [1.82, 2.24) is 9.99 Å². The van der Waals surface area contributed by atoms with Gasteiger partial charge in [-0.25, -0.2) is 6.57 Å². The van der Waals surface area contributed by atoms with Gasteiger partial charge in [0, 0.05) is 31.2 Å². The molecule has 0 aromatic heterocycles. The third kappa shape index (κ3) is 14.0. The first kappa shape index (κ1) is 28.5. The minimum absolute atomic E-state index is 0.150. The third-order valence-electron chi connectivity index (χ3n) is 4.40. The Morgan fingerprint density at radius 1 is 1.07 bits per heavy atom. The minimum atomic E-state index is -0.584. The number of hydrogen-bond acceptors (Lipinski definition) is 3. The average Bonchev–Trinajstić information content (AvgIpc) is 2.57. The van der Waals surface area contributed by atoms with Crippen molar-refractivity contribution in [3.05, 3.63) is 11.4 Å². The van der Waals surface area contributed by atoms with Gasteiger partial charge in [-0.2, -0.15) is 0 Å². The number of carbonyl (C=O) groups excluding carboxylic acids is 1. The quantitative estimate of drug-likeness (QED) is 0.280. The van der Waals surface area contributed by atoms with Gasteiger partial charge in [-0.15, -0.1) is 0 Å². The Morgan fingerprint density at radius 2 is 1.59 bits per heavy atom.